The smallest absolute Gasteiger partial charge is 0.701 e. The van der Waals surface area contributed by atoms with E-state index in [1.807, 2.05) is 0 Å². The fraction of sp³-hybridized carbons (Fsp3) is 0.244. The predicted molar refractivity (Wildman–Crippen MR) is 203 cm³/mol. The second-order valence-corrected chi connectivity index (χ2v) is 21.6. The Morgan fingerprint density at radius 1 is 0.444 bits per heavy atom. The Balaban J connectivity index is 0.000000343. The summed E-state index contributed by atoms with van der Waals surface area (Å²) in [5, 5.41) is 5.89. The van der Waals surface area contributed by atoms with Gasteiger partial charge in [0, 0.05) is 0 Å². The van der Waals surface area contributed by atoms with Gasteiger partial charge in [-0.25, -0.2) is 0 Å². The van der Waals surface area contributed by atoms with Crippen LogP contribution >= 0.6 is 15.8 Å². The van der Waals surface area contributed by atoms with Gasteiger partial charge in [-0.2, -0.15) is 0 Å². The molecule has 1 aliphatic carbocycles. The molecule has 0 aromatic heterocycles. The van der Waals surface area contributed by atoms with E-state index in [-0.39, 0.29) is 32.9 Å². The summed E-state index contributed by atoms with van der Waals surface area (Å²) in [4.78, 5) is 0. The summed E-state index contributed by atoms with van der Waals surface area (Å²) in [6, 6.07) is 44.2. The number of hydrogen-bond acceptors (Lipinski definition) is 0. The summed E-state index contributed by atoms with van der Waals surface area (Å²) in [5.41, 5.74) is 2.49. The van der Waals surface area contributed by atoms with Crippen LogP contribution in [-0.2, 0) is 17.1 Å². The van der Waals surface area contributed by atoms with E-state index < -0.39 is 8.07 Å². The summed E-state index contributed by atoms with van der Waals surface area (Å²) in [7, 11) is -1.91. The number of rotatable bonds is 7. The molecule has 0 nitrogen and oxygen atoms in total. The van der Waals surface area contributed by atoms with Crippen LogP contribution in [0.4, 0.5) is 0 Å². The second kappa shape index (κ2) is 19.6. The van der Waals surface area contributed by atoms with Crippen LogP contribution in [0, 0.1) is 41.6 Å². The van der Waals surface area contributed by atoms with Crippen molar-refractivity contribution in [2.45, 2.75) is 54.3 Å². The minimum atomic E-state index is -1.21. The van der Waals surface area contributed by atoms with Gasteiger partial charge in [0.05, 0.1) is 8.07 Å². The first-order chi connectivity index (χ1) is 21.0. The van der Waals surface area contributed by atoms with Crippen LogP contribution in [0.5, 0.6) is 0 Å². The standard InChI is InChI=1S/C26H24P2.C10H15.C5H9Si.Fe/c1-5-13-23(14-6-1)27(24-15-7-2-8-16-24)21-22-28(25-17-9-3-10-18-25)26-19-11-4-12-20-26;1-6-7(2)9(4)10(5)8(6)3;1-5-6(2,3)4;/h1-20H,21-22H2;1-5H3;2-4H3;/q;;-1;+2. The first-order valence-electron chi connectivity index (χ1n) is 15.4. The average molecular weight is 687 g/mol. The Hall–Kier alpha value is -1.96. The van der Waals surface area contributed by atoms with Crippen molar-refractivity contribution in [2.75, 3.05) is 12.3 Å². The zero-order valence-corrected chi connectivity index (χ0v) is 32.1. The Morgan fingerprint density at radius 2 is 0.622 bits per heavy atom. The molecule has 0 spiro atoms. The normalized spacial score (nSPS) is 14.6. The van der Waals surface area contributed by atoms with Crippen molar-refractivity contribution in [3.63, 3.8) is 0 Å². The Kier molecular flexibility index (Phi) is 17.1. The molecule has 0 atom stereocenters. The maximum absolute atomic E-state index is 6.67. The molecule has 4 aromatic rings. The zero-order chi connectivity index (χ0) is 32.1. The summed E-state index contributed by atoms with van der Waals surface area (Å²) >= 11 is 0. The molecule has 0 aliphatic heterocycles. The molecule has 0 bridgehead atoms. The molecule has 0 N–H and O–H groups in total. The van der Waals surface area contributed by atoms with Crippen molar-refractivity contribution in [3.05, 3.63) is 157 Å². The van der Waals surface area contributed by atoms with E-state index in [4.69, 9.17) is 6.42 Å². The molecule has 45 heavy (non-hydrogen) atoms. The van der Waals surface area contributed by atoms with Crippen LogP contribution in [0.15, 0.2) is 121 Å². The molecule has 233 valence electrons. The second-order valence-electron chi connectivity index (χ2n) is 12.1. The van der Waals surface area contributed by atoms with Gasteiger partial charge in [-0.05, 0) is 79.0 Å². The van der Waals surface area contributed by atoms with Gasteiger partial charge < -0.3 is 12.0 Å². The topological polar surface area (TPSA) is 0 Å². The average Bonchev–Trinajstić information content (AvgIpc) is 3.22. The van der Waals surface area contributed by atoms with Crippen LogP contribution in [0.25, 0.3) is 0 Å². The molecule has 5 rings (SSSR count). The summed E-state index contributed by atoms with van der Waals surface area (Å²) in [5.74, 6) is 7.34. The number of benzene rings is 4. The van der Waals surface area contributed by atoms with E-state index in [1.165, 1.54) is 63.1 Å². The van der Waals surface area contributed by atoms with Crippen molar-refractivity contribution >= 4 is 45.1 Å². The van der Waals surface area contributed by atoms with Crippen molar-refractivity contribution in [1.29, 1.82) is 0 Å². The molecule has 4 aromatic carbocycles. The van der Waals surface area contributed by atoms with Gasteiger partial charge >= 0.3 is 17.1 Å². The van der Waals surface area contributed by atoms with Crippen molar-refractivity contribution < 1.29 is 17.1 Å². The Bertz CT molecular complexity index is 1180. The predicted octanol–water partition coefficient (Wildman–Crippen LogP) is 9.68. The van der Waals surface area contributed by atoms with E-state index in [2.05, 4.69) is 181 Å². The van der Waals surface area contributed by atoms with E-state index in [1.54, 1.807) is 0 Å². The molecule has 1 aliphatic rings. The van der Waals surface area contributed by atoms with Crippen LogP contribution in [0.1, 0.15) is 34.6 Å². The zero-order valence-electron chi connectivity index (χ0n) is 28.2. The van der Waals surface area contributed by atoms with Crippen LogP contribution in [-0.4, -0.2) is 20.4 Å². The maximum Gasteiger partial charge on any atom is 2.00 e. The van der Waals surface area contributed by atoms with E-state index >= 15 is 0 Å². The van der Waals surface area contributed by atoms with Crippen LogP contribution < -0.4 is 21.2 Å². The minimum Gasteiger partial charge on any atom is -0.701 e. The minimum absolute atomic E-state index is 0. The third kappa shape index (κ3) is 12.3. The third-order valence-corrected chi connectivity index (χ3v) is 14.1. The largest absolute Gasteiger partial charge is 2.00 e. The molecule has 1 saturated carbocycles. The molecular formula is C41H48FeP2Si+. The monoisotopic (exact) mass is 686 g/mol. The summed E-state index contributed by atoms with van der Waals surface area (Å²) in [6.45, 7) is 17.2. The van der Waals surface area contributed by atoms with E-state index in [0.29, 0.717) is 0 Å². The Labute approximate surface area is 290 Å². The van der Waals surface area contributed by atoms with Gasteiger partial charge in [0.15, 0.2) is 0 Å². The van der Waals surface area contributed by atoms with Crippen LogP contribution in [0.3, 0.4) is 0 Å². The van der Waals surface area contributed by atoms with E-state index in [0.717, 1.165) is 0 Å². The molecule has 4 heteroatoms. The van der Waals surface area contributed by atoms with Crippen molar-refractivity contribution in [2.24, 2.45) is 0 Å². The van der Waals surface area contributed by atoms with Crippen molar-refractivity contribution in [3.8, 4) is 5.54 Å². The molecule has 5 radical (unpaired) electrons. The molecular weight excluding hydrogens is 638 g/mol. The quantitative estimate of drug-likeness (QED) is 0.0787. The SMILES string of the molecule is C[C]1[C](C)[C](C)[C](C)[C]1C.[C-]#C[Si](C)(C)C.[Fe+2].c1ccc(P(CCP(c2ccccc2)c2ccccc2)c2ccccc2)cc1. The molecule has 0 heterocycles. The fourth-order valence-electron chi connectivity index (χ4n) is 4.85. The molecule has 1 fully saturated rings. The molecule has 0 saturated heterocycles. The van der Waals surface area contributed by atoms with Gasteiger partial charge in [-0.1, -0.05) is 176 Å². The fourth-order valence-corrected chi connectivity index (χ4v) is 10.2. The first-order valence-corrected chi connectivity index (χ1v) is 22.0. The van der Waals surface area contributed by atoms with Gasteiger partial charge in [0.1, 0.15) is 0 Å². The van der Waals surface area contributed by atoms with Gasteiger partial charge in [-0.15, -0.1) is 0 Å². The van der Waals surface area contributed by atoms with Gasteiger partial charge in [0.25, 0.3) is 0 Å². The van der Waals surface area contributed by atoms with E-state index in [9.17, 15) is 0 Å². The molecule has 0 amide bonds. The third-order valence-electron chi connectivity index (χ3n) is 8.01. The van der Waals surface area contributed by atoms with Gasteiger partial charge in [-0.3, -0.25) is 0 Å². The van der Waals surface area contributed by atoms with Gasteiger partial charge in [0.2, 0.25) is 0 Å². The number of hydrogen-bond donors (Lipinski definition) is 0. The molecule has 0 unspecified atom stereocenters. The summed E-state index contributed by atoms with van der Waals surface area (Å²) < 4.78 is 0. The first kappa shape index (κ1) is 39.2. The van der Waals surface area contributed by atoms with Crippen LogP contribution in [0.2, 0.25) is 19.6 Å². The maximum atomic E-state index is 6.67. The van der Waals surface area contributed by atoms with Crippen molar-refractivity contribution in [1.82, 2.24) is 0 Å². The summed E-state index contributed by atoms with van der Waals surface area (Å²) in [6.07, 6.45) is 9.08. The Morgan fingerprint density at radius 3 is 0.778 bits per heavy atom.